The molecule has 0 saturated carbocycles. The number of fused-ring (bicyclic) bond motifs is 1. The van der Waals surface area contributed by atoms with Gasteiger partial charge in [0.15, 0.2) is 0 Å². The maximum atomic E-state index is 12.6. The van der Waals surface area contributed by atoms with Gasteiger partial charge in [0.05, 0.1) is 36.9 Å². The van der Waals surface area contributed by atoms with E-state index in [1.54, 1.807) is 36.4 Å². The standard InChI is InChI=1S/C17H17N3O5/c21-8-7-19-16(23)13-5-1-2-6-14(13)20(17(19)24)11-15(22)18-10-12-4-3-9-25-12/h1-6,9,21H,7-8,10-11H2,(H,18,22). The number of rotatable bonds is 6. The Hall–Kier alpha value is -3.13. The van der Waals surface area contributed by atoms with Gasteiger partial charge in [-0.1, -0.05) is 12.1 Å². The first kappa shape index (κ1) is 16.7. The molecule has 8 heteroatoms. The molecule has 2 N–H and O–H groups in total. The molecule has 0 unspecified atom stereocenters. The van der Waals surface area contributed by atoms with Crippen molar-refractivity contribution >= 4 is 16.8 Å². The summed E-state index contributed by atoms with van der Waals surface area (Å²) in [4.78, 5) is 37.2. The van der Waals surface area contributed by atoms with E-state index in [9.17, 15) is 14.4 Å². The molecule has 130 valence electrons. The summed E-state index contributed by atoms with van der Waals surface area (Å²) in [5, 5.41) is 12.1. The average molecular weight is 343 g/mol. The Morgan fingerprint density at radius 1 is 1.12 bits per heavy atom. The maximum Gasteiger partial charge on any atom is 0.332 e. The second kappa shape index (κ2) is 7.18. The second-order valence-electron chi connectivity index (χ2n) is 5.42. The maximum absolute atomic E-state index is 12.6. The van der Waals surface area contributed by atoms with Crippen molar-refractivity contribution in [2.75, 3.05) is 6.61 Å². The first-order valence-electron chi connectivity index (χ1n) is 7.74. The summed E-state index contributed by atoms with van der Waals surface area (Å²) in [5.74, 6) is 0.202. The van der Waals surface area contributed by atoms with Crippen LogP contribution < -0.4 is 16.6 Å². The summed E-state index contributed by atoms with van der Waals surface area (Å²) in [5.41, 5.74) is -0.743. The third kappa shape index (κ3) is 3.38. The van der Waals surface area contributed by atoms with Crippen molar-refractivity contribution in [3.05, 3.63) is 69.3 Å². The molecule has 0 aliphatic heterocycles. The number of furan rings is 1. The molecule has 0 radical (unpaired) electrons. The number of aromatic nitrogens is 2. The number of nitrogens with one attached hydrogen (secondary N) is 1. The molecule has 3 aromatic rings. The van der Waals surface area contributed by atoms with Gasteiger partial charge in [0.2, 0.25) is 5.91 Å². The van der Waals surface area contributed by atoms with Gasteiger partial charge in [-0.3, -0.25) is 18.7 Å². The van der Waals surface area contributed by atoms with Crippen LogP contribution >= 0.6 is 0 Å². The minimum absolute atomic E-state index is 0.128. The molecule has 0 bridgehead atoms. The lowest BCUT2D eigenvalue weighted by molar-refractivity contribution is -0.121. The van der Waals surface area contributed by atoms with Gasteiger partial charge in [0.25, 0.3) is 5.56 Å². The molecule has 0 saturated heterocycles. The van der Waals surface area contributed by atoms with Crippen molar-refractivity contribution in [2.45, 2.75) is 19.6 Å². The van der Waals surface area contributed by atoms with Gasteiger partial charge in [-0.05, 0) is 24.3 Å². The molecule has 3 rings (SSSR count). The lowest BCUT2D eigenvalue weighted by atomic mass is 10.2. The number of carbonyl (C=O) groups is 1. The fraction of sp³-hybridized carbons (Fsp3) is 0.235. The van der Waals surface area contributed by atoms with Gasteiger partial charge in [-0.25, -0.2) is 4.79 Å². The summed E-state index contributed by atoms with van der Waals surface area (Å²) < 4.78 is 7.30. The first-order chi connectivity index (χ1) is 12.1. The Morgan fingerprint density at radius 2 is 1.92 bits per heavy atom. The Kier molecular flexibility index (Phi) is 4.80. The van der Waals surface area contributed by atoms with Gasteiger partial charge in [0, 0.05) is 0 Å². The van der Waals surface area contributed by atoms with Crippen LogP contribution in [0.1, 0.15) is 5.76 Å². The molecule has 0 aliphatic rings. The van der Waals surface area contributed by atoms with E-state index in [2.05, 4.69) is 5.32 Å². The highest BCUT2D eigenvalue weighted by atomic mass is 16.3. The number of benzene rings is 1. The lowest BCUT2D eigenvalue weighted by Gasteiger charge is -2.13. The van der Waals surface area contributed by atoms with Gasteiger partial charge in [0.1, 0.15) is 12.3 Å². The number of amides is 1. The number of nitrogens with zero attached hydrogens (tertiary/aromatic N) is 2. The minimum atomic E-state index is -0.633. The molecule has 25 heavy (non-hydrogen) atoms. The summed E-state index contributed by atoms with van der Waals surface area (Å²) in [6.45, 7) is -0.519. The number of carbonyl (C=O) groups excluding carboxylic acids is 1. The normalized spacial score (nSPS) is 10.9. The predicted octanol–water partition coefficient (Wildman–Crippen LogP) is 0.0649. The van der Waals surface area contributed by atoms with Gasteiger partial charge in [-0.15, -0.1) is 0 Å². The molecule has 0 spiro atoms. The number of aliphatic hydroxyl groups is 1. The average Bonchev–Trinajstić information content (AvgIpc) is 3.14. The number of para-hydroxylation sites is 1. The van der Waals surface area contributed by atoms with Gasteiger partial charge >= 0.3 is 5.69 Å². The molecule has 1 amide bonds. The highest BCUT2D eigenvalue weighted by molar-refractivity contribution is 5.81. The molecular weight excluding hydrogens is 326 g/mol. The van der Waals surface area contributed by atoms with Crippen molar-refractivity contribution in [1.29, 1.82) is 0 Å². The van der Waals surface area contributed by atoms with Crippen LogP contribution in [0.4, 0.5) is 0 Å². The molecular formula is C17H17N3O5. The lowest BCUT2D eigenvalue weighted by Crippen LogP contribution is -2.43. The van der Waals surface area contributed by atoms with E-state index in [1.165, 1.54) is 10.8 Å². The minimum Gasteiger partial charge on any atom is -0.467 e. The Morgan fingerprint density at radius 3 is 2.64 bits per heavy atom. The van der Waals surface area contributed by atoms with Crippen LogP contribution in [-0.4, -0.2) is 26.8 Å². The largest absolute Gasteiger partial charge is 0.467 e. The van der Waals surface area contributed by atoms with E-state index in [0.29, 0.717) is 16.7 Å². The predicted molar refractivity (Wildman–Crippen MR) is 90.1 cm³/mol. The van der Waals surface area contributed by atoms with Crippen LogP contribution in [0.25, 0.3) is 10.9 Å². The van der Waals surface area contributed by atoms with Crippen LogP contribution in [-0.2, 0) is 24.4 Å². The van der Waals surface area contributed by atoms with E-state index in [-0.39, 0.29) is 26.2 Å². The second-order valence-corrected chi connectivity index (χ2v) is 5.42. The van der Waals surface area contributed by atoms with E-state index in [0.717, 1.165) is 4.57 Å². The zero-order chi connectivity index (χ0) is 17.8. The van der Waals surface area contributed by atoms with Crippen molar-refractivity contribution < 1.29 is 14.3 Å². The van der Waals surface area contributed by atoms with E-state index in [4.69, 9.17) is 9.52 Å². The molecule has 8 nitrogen and oxygen atoms in total. The van der Waals surface area contributed by atoms with Crippen LogP contribution in [0.15, 0.2) is 56.7 Å². The SMILES string of the molecule is O=C(Cn1c(=O)n(CCO)c(=O)c2ccccc21)NCc1ccco1. The van der Waals surface area contributed by atoms with Gasteiger partial charge < -0.3 is 14.8 Å². The highest BCUT2D eigenvalue weighted by Crippen LogP contribution is 2.07. The summed E-state index contributed by atoms with van der Waals surface area (Å²) in [7, 11) is 0. The summed E-state index contributed by atoms with van der Waals surface area (Å²) in [6.07, 6.45) is 1.50. The fourth-order valence-corrected chi connectivity index (χ4v) is 2.62. The zero-order valence-electron chi connectivity index (χ0n) is 13.3. The zero-order valence-corrected chi connectivity index (χ0v) is 13.3. The first-order valence-corrected chi connectivity index (χ1v) is 7.74. The van der Waals surface area contributed by atoms with Crippen LogP contribution in [0.3, 0.4) is 0 Å². The third-order valence-electron chi connectivity index (χ3n) is 3.80. The number of hydrogen-bond acceptors (Lipinski definition) is 5. The Bertz CT molecular complexity index is 1000. The number of hydrogen-bond donors (Lipinski definition) is 2. The van der Waals surface area contributed by atoms with Crippen LogP contribution in [0, 0.1) is 0 Å². The quantitative estimate of drug-likeness (QED) is 0.658. The fourth-order valence-electron chi connectivity index (χ4n) is 2.62. The summed E-state index contributed by atoms with van der Waals surface area (Å²) >= 11 is 0. The number of aliphatic hydroxyl groups excluding tert-OH is 1. The topological polar surface area (TPSA) is 106 Å². The van der Waals surface area contributed by atoms with Crippen LogP contribution in [0.2, 0.25) is 0 Å². The molecule has 0 atom stereocenters. The van der Waals surface area contributed by atoms with Crippen LogP contribution in [0.5, 0.6) is 0 Å². The third-order valence-corrected chi connectivity index (χ3v) is 3.80. The molecule has 0 aliphatic carbocycles. The van der Waals surface area contributed by atoms with E-state index >= 15 is 0 Å². The van der Waals surface area contributed by atoms with E-state index in [1.807, 2.05) is 0 Å². The molecule has 2 heterocycles. The van der Waals surface area contributed by atoms with E-state index < -0.39 is 17.2 Å². The smallest absolute Gasteiger partial charge is 0.332 e. The Labute approximate surface area is 141 Å². The van der Waals surface area contributed by atoms with Crippen molar-refractivity contribution in [3.8, 4) is 0 Å². The molecule has 1 aromatic carbocycles. The van der Waals surface area contributed by atoms with Gasteiger partial charge in [-0.2, -0.15) is 0 Å². The highest BCUT2D eigenvalue weighted by Gasteiger charge is 2.15. The van der Waals surface area contributed by atoms with Crippen molar-refractivity contribution in [3.63, 3.8) is 0 Å². The molecule has 2 aromatic heterocycles. The molecule has 0 fully saturated rings. The van der Waals surface area contributed by atoms with Crippen molar-refractivity contribution in [2.24, 2.45) is 0 Å². The Balaban J connectivity index is 1.95. The monoisotopic (exact) mass is 343 g/mol. The summed E-state index contributed by atoms with van der Waals surface area (Å²) in [6, 6.07) is 10.0. The van der Waals surface area contributed by atoms with Crippen molar-refractivity contribution in [1.82, 2.24) is 14.5 Å².